The number of carbonyl (C=O) groups excluding carboxylic acids is 1. The number of amides is 1. The highest BCUT2D eigenvalue weighted by Gasteiger charge is 2.18. The minimum atomic E-state index is -0.438. The standard InChI is InChI=1S/C13H17NO2S/c1-13(2,3)16-12(15)14-8-9-6-10-4-5-17-11(10)7-9/h4-5,7H,6,8H2,1-3H3,(H,14,15). The number of alkyl carbamates (subject to hydrolysis) is 1. The molecule has 17 heavy (non-hydrogen) atoms. The van der Waals surface area contributed by atoms with E-state index in [2.05, 4.69) is 22.8 Å². The van der Waals surface area contributed by atoms with Crippen LogP contribution in [0, 0.1) is 0 Å². The number of nitrogens with one attached hydrogen (secondary N) is 1. The third-order valence-electron chi connectivity index (χ3n) is 2.39. The molecule has 1 N–H and O–H groups in total. The largest absolute Gasteiger partial charge is 0.444 e. The predicted octanol–water partition coefficient (Wildman–Crippen LogP) is 3.21. The molecule has 3 nitrogen and oxygen atoms in total. The molecule has 1 aliphatic rings. The third kappa shape index (κ3) is 3.33. The molecule has 1 aromatic rings. The Labute approximate surface area is 105 Å². The lowest BCUT2D eigenvalue weighted by Gasteiger charge is -2.19. The fourth-order valence-corrected chi connectivity index (χ4v) is 2.62. The van der Waals surface area contributed by atoms with Crippen LogP contribution in [0.15, 0.2) is 17.0 Å². The summed E-state index contributed by atoms with van der Waals surface area (Å²) < 4.78 is 5.18. The van der Waals surface area contributed by atoms with E-state index < -0.39 is 5.60 Å². The van der Waals surface area contributed by atoms with Gasteiger partial charge >= 0.3 is 6.09 Å². The number of thiophene rings is 1. The van der Waals surface area contributed by atoms with Gasteiger partial charge in [-0.05, 0) is 55.9 Å². The van der Waals surface area contributed by atoms with Crippen molar-refractivity contribution in [2.24, 2.45) is 0 Å². The molecule has 4 heteroatoms. The van der Waals surface area contributed by atoms with Gasteiger partial charge in [0.15, 0.2) is 0 Å². The summed E-state index contributed by atoms with van der Waals surface area (Å²) in [5, 5.41) is 4.88. The minimum absolute atomic E-state index is 0.353. The Kier molecular flexibility index (Phi) is 3.24. The summed E-state index contributed by atoms with van der Waals surface area (Å²) >= 11 is 1.74. The van der Waals surface area contributed by atoms with E-state index in [1.807, 2.05) is 20.8 Å². The molecule has 0 atom stereocenters. The lowest BCUT2D eigenvalue weighted by atomic mass is 10.2. The van der Waals surface area contributed by atoms with Crippen molar-refractivity contribution in [1.82, 2.24) is 5.32 Å². The molecule has 0 unspecified atom stereocenters. The van der Waals surface area contributed by atoms with Crippen LogP contribution in [0.2, 0.25) is 0 Å². The van der Waals surface area contributed by atoms with Crippen molar-refractivity contribution in [1.29, 1.82) is 0 Å². The van der Waals surface area contributed by atoms with Gasteiger partial charge in [-0.2, -0.15) is 0 Å². The fourth-order valence-electron chi connectivity index (χ4n) is 1.71. The van der Waals surface area contributed by atoms with E-state index in [9.17, 15) is 4.79 Å². The first kappa shape index (κ1) is 12.2. The Morgan fingerprint density at radius 1 is 1.53 bits per heavy atom. The molecule has 0 fully saturated rings. The van der Waals surface area contributed by atoms with Gasteiger partial charge in [-0.1, -0.05) is 0 Å². The quantitative estimate of drug-likeness (QED) is 0.876. The van der Waals surface area contributed by atoms with Crippen LogP contribution < -0.4 is 5.32 Å². The van der Waals surface area contributed by atoms with E-state index >= 15 is 0 Å². The summed E-state index contributed by atoms with van der Waals surface area (Å²) in [5.74, 6) is 0. The zero-order valence-electron chi connectivity index (χ0n) is 10.4. The Bertz CT molecular complexity index is 454. The Morgan fingerprint density at radius 2 is 2.29 bits per heavy atom. The van der Waals surface area contributed by atoms with Gasteiger partial charge in [0.05, 0.1) is 0 Å². The summed E-state index contributed by atoms with van der Waals surface area (Å²) in [6, 6.07) is 2.14. The molecule has 0 spiro atoms. The normalized spacial score (nSPS) is 14.2. The van der Waals surface area contributed by atoms with Crippen molar-refractivity contribution in [3.05, 3.63) is 27.5 Å². The Morgan fingerprint density at radius 3 is 2.94 bits per heavy atom. The summed E-state index contributed by atoms with van der Waals surface area (Å²) in [5.41, 5.74) is 2.15. The molecule has 0 aromatic carbocycles. The molecule has 1 aromatic heterocycles. The molecule has 1 amide bonds. The molecule has 0 radical (unpaired) electrons. The number of fused-ring (bicyclic) bond motifs is 1. The van der Waals surface area contributed by atoms with Gasteiger partial charge in [0, 0.05) is 11.4 Å². The Balaban J connectivity index is 1.81. The molecule has 92 valence electrons. The fraction of sp³-hybridized carbons (Fsp3) is 0.462. The molecule has 0 bridgehead atoms. The van der Waals surface area contributed by atoms with E-state index in [4.69, 9.17) is 4.74 Å². The monoisotopic (exact) mass is 251 g/mol. The van der Waals surface area contributed by atoms with Crippen molar-refractivity contribution < 1.29 is 9.53 Å². The third-order valence-corrected chi connectivity index (χ3v) is 3.30. The van der Waals surface area contributed by atoms with Crippen LogP contribution >= 0.6 is 11.3 Å². The maximum Gasteiger partial charge on any atom is 0.407 e. The molecule has 2 rings (SSSR count). The summed E-state index contributed by atoms with van der Waals surface area (Å²) in [4.78, 5) is 12.8. The van der Waals surface area contributed by atoms with Crippen molar-refractivity contribution in [3.63, 3.8) is 0 Å². The molecular weight excluding hydrogens is 234 g/mol. The van der Waals surface area contributed by atoms with Crippen molar-refractivity contribution in [2.75, 3.05) is 6.54 Å². The van der Waals surface area contributed by atoms with Gasteiger partial charge in [0.25, 0.3) is 0 Å². The maximum atomic E-state index is 11.5. The van der Waals surface area contributed by atoms with Crippen LogP contribution in [-0.4, -0.2) is 18.2 Å². The van der Waals surface area contributed by atoms with Crippen LogP contribution in [0.4, 0.5) is 4.79 Å². The second-order valence-corrected chi connectivity index (χ2v) is 6.09. The number of carbonyl (C=O) groups is 1. The maximum absolute atomic E-state index is 11.5. The number of ether oxygens (including phenoxy) is 1. The Hall–Kier alpha value is -1.29. The molecule has 1 heterocycles. The summed E-state index contributed by atoms with van der Waals surface area (Å²) in [6.45, 7) is 6.15. The van der Waals surface area contributed by atoms with Crippen LogP contribution in [0.1, 0.15) is 31.2 Å². The van der Waals surface area contributed by atoms with E-state index in [0.29, 0.717) is 6.54 Å². The molecule has 0 saturated carbocycles. The minimum Gasteiger partial charge on any atom is -0.444 e. The first-order valence-electron chi connectivity index (χ1n) is 5.67. The van der Waals surface area contributed by atoms with E-state index in [0.717, 1.165) is 6.42 Å². The SMILES string of the molecule is CC(C)(C)OC(=O)NCC1=Cc2sccc2C1. The van der Waals surface area contributed by atoms with Crippen LogP contribution in [0.25, 0.3) is 6.08 Å². The summed E-state index contributed by atoms with van der Waals surface area (Å²) in [6.07, 6.45) is 2.74. The average Bonchev–Trinajstić information content (AvgIpc) is 2.70. The lowest BCUT2D eigenvalue weighted by Crippen LogP contribution is -2.33. The topological polar surface area (TPSA) is 38.3 Å². The van der Waals surface area contributed by atoms with E-state index in [-0.39, 0.29) is 6.09 Å². The van der Waals surface area contributed by atoms with Crippen molar-refractivity contribution in [2.45, 2.75) is 32.8 Å². The molecule has 0 saturated heterocycles. The zero-order chi connectivity index (χ0) is 12.5. The van der Waals surface area contributed by atoms with Crippen LogP contribution in [-0.2, 0) is 11.2 Å². The lowest BCUT2D eigenvalue weighted by molar-refractivity contribution is 0.0532. The molecule has 0 aliphatic heterocycles. The van der Waals surface area contributed by atoms with E-state index in [1.54, 1.807) is 11.3 Å². The first-order valence-corrected chi connectivity index (χ1v) is 6.55. The van der Waals surface area contributed by atoms with Crippen molar-refractivity contribution in [3.8, 4) is 0 Å². The van der Waals surface area contributed by atoms with Crippen molar-refractivity contribution >= 4 is 23.5 Å². The highest BCUT2D eigenvalue weighted by Crippen LogP contribution is 2.28. The van der Waals surface area contributed by atoms with Crippen LogP contribution in [0.3, 0.4) is 0 Å². The second kappa shape index (κ2) is 4.53. The zero-order valence-corrected chi connectivity index (χ0v) is 11.2. The highest BCUT2D eigenvalue weighted by atomic mass is 32.1. The highest BCUT2D eigenvalue weighted by molar-refractivity contribution is 7.11. The van der Waals surface area contributed by atoms with Crippen LogP contribution in [0.5, 0.6) is 0 Å². The average molecular weight is 251 g/mol. The predicted molar refractivity (Wildman–Crippen MR) is 70.2 cm³/mol. The van der Waals surface area contributed by atoms with Gasteiger partial charge < -0.3 is 10.1 Å². The second-order valence-electron chi connectivity index (χ2n) is 5.14. The number of rotatable bonds is 2. The molecule has 1 aliphatic carbocycles. The van der Waals surface area contributed by atoms with Gasteiger partial charge in [0.1, 0.15) is 5.60 Å². The summed E-state index contributed by atoms with van der Waals surface area (Å²) in [7, 11) is 0. The smallest absolute Gasteiger partial charge is 0.407 e. The van der Waals surface area contributed by atoms with Gasteiger partial charge in [0.2, 0.25) is 0 Å². The number of hydrogen-bond donors (Lipinski definition) is 1. The van der Waals surface area contributed by atoms with E-state index in [1.165, 1.54) is 16.0 Å². The first-order chi connectivity index (χ1) is 7.94. The molecular formula is C13H17NO2S. The number of hydrogen-bond acceptors (Lipinski definition) is 3. The van der Waals surface area contributed by atoms with Gasteiger partial charge in [-0.15, -0.1) is 11.3 Å². The van der Waals surface area contributed by atoms with Gasteiger partial charge in [-0.25, -0.2) is 4.79 Å². The van der Waals surface area contributed by atoms with Gasteiger partial charge in [-0.3, -0.25) is 0 Å².